The van der Waals surface area contributed by atoms with Gasteiger partial charge in [-0.1, -0.05) is 13.0 Å². The van der Waals surface area contributed by atoms with Crippen LogP contribution in [0.15, 0.2) is 30.6 Å². The van der Waals surface area contributed by atoms with Crippen molar-refractivity contribution in [3.8, 4) is 0 Å². The van der Waals surface area contributed by atoms with E-state index in [0.29, 0.717) is 5.56 Å². The number of aryl methyl sites for hydroxylation is 1. The molecule has 0 saturated heterocycles. The zero-order valence-corrected chi connectivity index (χ0v) is 12.0. The lowest BCUT2D eigenvalue weighted by Gasteiger charge is -2.16. The summed E-state index contributed by atoms with van der Waals surface area (Å²) >= 11 is 0. The first-order valence-corrected chi connectivity index (χ1v) is 6.74. The van der Waals surface area contributed by atoms with Gasteiger partial charge in [0.1, 0.15) is 5.82 Å². The van der Waals surface area contributed by atoms with Crippen molar-refractivity contribution in [2.24, 2.45) is 0 Å². The highest BCUT2D eigenvalue weighted by molar-refractivity contribution is 5.99. The van der Waals surface area contributed by atoms with Gasteiger partial charge in [-0.25, -0.2) is 4.98 Å². The summed E-state index contributed by atoms with van der Waals surface area (Å²) in [6.07, 6.45) is 4.23. The molecule has 1 amide bonds. The molecule has 0 aliphatic heterocycles. The van der Waals surface area contributed by atoms with E-state index in [1.807, 2.05) is 39.1 Å². The first-order chi connectivity index (χ1) is 9.65. The molecule has 2 rings (SSSR count). The Kier molecular flexibility index (Phi) is 4.40. The van der Waals surface area contributed by atoms with Gasteiger partial charge in [0.2, 0.25) is 0 Å². The minimum Gasteiger partial charge on any atom is -0.387 e. The fourth-order valence-corrected chi connectivity index (χ4v) is 2.13. The van der Waals surface area contributed by atoms with Gasteiger partial charge in [-0.15, -0.1) is 0 Å². The van der Waals surface area contributed by atoms with Gasteiger partial charge in [0.25, 0.3) is 5.91 Å². The van der Waals surface area contributed by atoms with Gasteiger partial charge >= 0.3 is 0 Å². The average Bonchev–Trinajstić information content (AvgIpc) is 2.98. The number of nitrogens with zero attached hydrogens (tertiary/aromatic N) is 1. The van der Waals surface area contributed by atoms with E-state index in [9.17, 15) is 4.79 Å². The van der Waals surface area contributed by atoms with E-state index < -0.39 is 0 Å². The van der Waals surface area contributed by atoms with Gasteiger partial charge in [-0.3, -0.25) is 4.79 Å². The Labute approximate surface area is 118 Å². The second-order valence-corrected chi connectivity index (χ2v) is 4.71. The summed E-state index contributed by atoms with van der Waals surface area (Å²) in [6, 6.07) is 5.63. The standard InChI is InChI=1S/C15H20N4O/c1-4-12(14-17-7-8-18-14)19-15(20)11-6-5-10(2)9-13(11)16-3/h5-9,12,16H,4H2,1-3H3,(H,17,18)(H,19,20). The predicted octanol–water partition coefficient (Wildman–Crippen LogP) is 2.64. The Morgan fingerprint density at radius 3 is 2.85 bits per heavy atom. The quantitative estimate of drug-likeness (QED) is 0.783. The number of nitrogens with one attached hydrogen (secondary N) is 3. The molecule has 1 atom stereocenters. The maximum absolute atomic E-state index is 12.4. The number of hydrogen-bond donors (Lipinski definition) is 3. The number of rotatable bonds is 5. The highest BCUT2D eigenvalue weighted by Gasteiger charge is 2.17. The van der Waals surface area contributed by atoms with Crippen molar-refractivity contribution in [1.29, 1.82) is 0 Å². The van der Waals surface area contributed by atoms with Gasteiger partial charge in [0.15, 0.2) is 0 Å². The first kappa shape index (κ1) is 14.1. The molecule has 106 valence electrons. The molecule has 1 aromatic carbocycles. The zero-order chi connectivity index (χ0) is 14.5. The molecule has 20 heavy (non-hydrogen) atoms. The Bertz CT molecular complexity index is 578. The third kappa shape index (κ3) is 2.99. The summed E-state index contributed by atoms with van der Waals surface area (Å²) < 4.78 is 0. The molecule has 0 radical (unpaired) electrons. The van der Waals surface area contributed by atoms with E-state index in [1.165, 1.54) is 0 Å². The van der Waals surface area contributed by atoms with Crippen LogP contribution >= 0.6 is 0 Å². The highest BCUT2D eigenvalue weighted by Crippen LogP contribution is 2.19. The number of carbonyl (C=O) groups is 1. The number of benzene rings is 1. The number of hydrogen-bond acceptors (Lipinski definition) is 3. The number of aromatic nitrogens is 2. The number of imidazole rings is 1. The topological polar surface area (TPSA) is 69.8 Å². The minimum atomic E-state index is -0.108. The predicted molar refractivity (Wildman–Crippen MR) is 79.8 cm³/mol. The van der Waals surface area contributed by atoms with Crippen molar-refractivity contribution < 1.29 is 4.79 Å². The number of aromatic amines is 1. The molecule has 1 aromatic heterocycles. The Morgan fingerprint density at radius 2 is 2.25 bits per heavy atom. The second-order valence-electron chi connectivity index (χ2n) is 4.71. The molecule has 0 spiro atoms. The summed E-state index contributed by atoms with van der Waals surface area (Å²) in [5.74, 6) is 0.677. The Hall–Kier alpha value is -2.30. The third-order valence-corrected chi connectivity index (χ3v) is 3.25. The van der Waals surface area contributed by atoms with Crippen molar-refractivity contribution in [3.05, 3.63) is 47.5 Å². The van der Waals surface area contributed by atoms with Gasteiger partial charge in [0.05, 0.1) is 11.6 Å². The van der Waals surface area contributed by atoms with Crippen LogP contribution in [-0.2, 0) is 0 Å². The van der Waals surface area contributed by atoms with Crippen LogP contribution in [0, 0.1) is 6.92 Å². The molecular weight excluding hydrogens is 252 g/mol. The normalized spacial score (nSPS) is 11.9. The van der Waals surface area contributed by atoms with E-state index in [4.69, 9.17) is 0 Å². The fourth-order valence-electron chi connectivity index (χ4n) is 2.13. The zero-order valence-electron chi connectivity index (χ0n) is 12.0. The van der Waals surface area contributed by atoms with E-state index >= 15 is 0 Å². The van der Waals surface area contributed by atoms with E-state index in [-0.39, 0.29) is 11.9 Å². The summed E-state index contributed by atoms with van der Waals surface area (Å²) in [4.78, 5) is 19.7. The maximum Gasteiger partial charge on any atom is 0.253 e. The molecule has 5 nitrogen and oxygen atoms in total. The third-order valence-electron chi connectivity index (χ3n) is 3.25. The number of amides is 1. The molecule has 0 fully saturated rings. The Balaban J connectivity index is 2.19. The molecule has 3 N–H and O–H groups in total. The molecule has 0 aliphatic carbocycles. The van der Waals surface area contributed by atoms with Crippen molar-refractivity contribution in [1.82, 2.24) is 15.3 Å². The molecule has 5 heteroatoms. The fraction of sp³-hybridized carbons (Fsp3) is 0.333. The van der Waals surface area contributed by atoms with Crippen molar-refractivity contribution in [2.75, 3.05) is 12.4 Å². The van der Waals surface area contributed by atoms with Crippen LogP contribution in [-0.4, -0.2) is 22.9 Å². The van der Waals surface area contributed by atoms with Gasteiger partial charge in [-0.05, 0) is 31.0 Å². The molecule has 0 aliphatic rings. The largest absolute Gasteiger partial charge is 0.387 e. The molecule has 0 saturated carbocycles. The lowest BCUT2D eigenvalue weighted by molar-refractivity contribution is 0.0934. The van der Waals surface area contributed by atoms with Crippen LogP contribution < -0.4 is 10.6 Å². The number of H-pyrrole nitrogens is 1. The van der Waals surface area contributed by atoms with Gasteiger partial charge in [0, 0.05) is 25.1 Å². The summed E-state index contributed by atoms with van der Waals surface area (Å²) in [6.45, 7) is 4.02. The Morgan fingerprint density at radius 1 is 1.45 bits per heavy atom. The van der Waals surface area contributed by atoms with Crippen LogP contribution in [0.5, 0.6) is 0 Å². The van der Waals surface area contributed by atoms with Crippen molar-refractivity contribution in [3.63, 3.8) is 0 Å². The minimum absolute atomic E-state index is 0.0994. The second kappa shape index (κ2) is 6.23. The molecular formula is C15H20N4O. The van der Waals surface area contributed by atoms with Gasteiger partial charge < -0.3 is 15.6 Å². The monoisotopic (exact) mass is 272 g/mol. The lowest BCUT2D eigenvalue weighted by Crippen LogP contribution is -2.29. The van der Waals surface area contributed by atoms with Crippen LogP contribution in [0.4, 0.5) is 5.69 Å². The molecule has 1 unspecified atom stereocenters. The number of carbonyl (C=O) groups excluding carboxylic acids is 1. The van der Waals surface area contributed by atoms with Gasteiger partial charge in [-0.2, -0.15) is 0 Å². The molecule has 1 heterocycles. The first-order valence-electron chi connectivity index (χ1n) is 6.74. The summed E-state index contributed by atoms with van der Waals surface area (Å²) in [5.41, 5.74) is 2.59. The van der Waals surface area contributed by atoms with Crippen LogP contribution in [0.2, 0.25) is 0 Å². The molecule has 0 bridgehead atoms. The average molecular weight is 272 g/mol. The van der Waals surface area contributed by atoms with Crippen molar-refractivity contribution in [2.45, 2.75) is 26.3 Å². The lowest BCUT2D eigenvalue weighted by atomic mass is 10.1. The maximum atomic E-state index is 12.4. The summed E-state index contributed by atoms with van der Waals surface area (Å²) in [7, 11) is 1.81. The van der Waals surface area contributed by atoms with E-state index in [0.717, 1.165) is 23.5 Å². The smallest absolute Gasteiger partial charge is 0.253 e. The van der Waals surface area contributed by atoms with Crippen LogP contribution in [0.3, 0.4) is 0 Å². The van der Waals surface area contributed by atoms with E-state index in [1.54, 1.807) is 12.4 Å². The van der Waals surface area contributed by atoms with E-state index in [2.05, 4.69) is 20.6 Å². The van der Waals surface area contributed by atoms with Crippen LogP contribution in [0.25, 0.3) is 0 Å². The number of anilines is 1. The SMILES string of the molecule is CCC(NC(=O)c1ccc(C)cc1NC)c1ncc[nH]1. The summed E-state index contributed by atoms with van der Waals surface area (Å²) in [5, 5.41) is 6.07. The highest BCUT2D eigenvalue weighted by atomic mass is 16.1. The molecule has 2 aromatic rings. The van der Waals surface area contributed by atoms with Crippen LogP contribution in [0.1, 0.15) is 41.1 Å². The van der Waals surface area contributed by atoms with Crippen molar-refractivity contribution >= 4 is 11.6 Å².